The molecule has 0 aromatic carbocycles. The van der Waals surface area contributed by atoms with Gasteiger partial charge >= 0.3 is 0 Å². The molecule has 0 aromatic rings. The first kappa shape index (κ1) is 25.2. The zero-order valence-corrected chi connectivity index (χ0v) is 18.6. The Hall–Kier alpha value is -1.88. The van der Waals surface area contributed by atoms with E-state index in [1.165, 1.54) is 6.08 Å². The molecule has 0 aromatic heterocycles. The number of aliphatic hydroxyl groups is 1. The second-order valence-electron chi connectivity index (χ2n) is 8.34. The molecule has 0 saturated heterocycles. The van der Waals surface area contributed by atoms with E-state index in [1.807, 2.05) is 12.2 Å². The quantitative estimate of drug-likeness (QED) is 0.253. The lowest BCUT2D eigenvalue weighted by Crippen LogP contribution is -2.22. The van der Waals surface area contributed by atoms with E-state index < -0.39 is 5.92 Å². The minimum atomic E-state index is -0.401. The number of ketones is 2. The lowest BCUT2D eigenvalue weighted by Gasteiger charge is -2.21. The number of carbonyl (C=O) groups is 2. The van der Waals surface area contributed by atoms with Crippen molar-refractivity contribution in [3.8, 4) is 0 Å². The van der Waals surface area contributed by atoms with Crippen LogP contribution in [0.15, 0.2) is 35.3 Å². The molecular weight excluding hydrogens is 366 g/mol. The van der Waals surface area contributed by atoms with E-state index in [2.05, 4.69) is 20.8 Å². The summed E-state index contributed by atoms with van der Waals surface area (Å²) in [4.78, 5) is 25.4. The highest BCUT2D eigenvalue weighted by atomic mass is 16.5. The number of unbranched alkanes of at least 4 members (excludes halogenated alkanes) is 2. The van der Waals surface area contributed by atoms with Crippen LogP contribution in [-0.4, -0.2) is 29.9 Å². The molecule has 3 N–H and O–H groups in total. The van der Waals surface area contributed by atoms with Crippen LogP contribution in [0, 0.1) is 17.8 Å². The minimum absolute atomic E-state index is 0.00592. The highest BCUT2D eigenvalue weighted by Gasteiger charge is 2.41. The largest absolute Gasteiger partial charge is 0.497 e. The Morgan fingerprint density at radius 3 is 2.59 bits per heavy atom. The summed E-state index contributed by atoms with van der Waals surface area (Å²) >= 11 is 0. The van der Waals surface area contributed by atoms with Gasteiger partial charge in [-0.05, 0) is 51.0 Å². The van der Waals surface area contributed by atoms with E-state index in [1.54, 1.807) is 6.92 Å². The summed E-state index contributed by atoms with van der Waals surface area (Å²) in [7, 11) is 0. The Kier molecular flexibility index (Phi) is 11.6. The third kappa shape index (κ3) is 8.57. The molecule has 2 atom stereocenters. The maximum Gasteiger partial charge on any atom is 0.166 e. The second-order valence-corrected chi connectivity index (χ2v) is 8.34. The third-order valence-corrected chi connectivity index (χ3v) is 5.14. The van der Waals surface area contributed by atoms with Crippen LogP contribution in [0.4, 0.5) is 0 Å². The molecule has 0 fully saturated rings. The number of aliphatic hydroxyl groups excluding tert-OH is 1. The van der Waals surface area contributed by atoms with Crippen LogP contribution >= 0.6 is 0 Å². The zero-order valence-electron chi connectivity index (χ0n) is 18.6. The lowest BCUT2D eigenvalue weighted by atomic mass is 9.86. The SMILES string of the molecule is CCCC/C(N)=C/C(=O)CC1C(=O)C(C)=C(OCC(C)C)C1C/C=C\CCCO. The van der Waals surface area contributed by atoms with Gasteiger partial charge in [0.2, 0.25) is 0 Å². The molecule has 0 saturated carbocycles. The Balaban J connectivity index is 2.92. The van der Waals surface area contributed by atoms with Gasteiger partial charge in [-0.15, -0.1) is 0 Å². The lowest BCUT2D eigenvalue weighted by molar-refractivity contribution is -0.124. The predicted molar refractivity (Wildman–Crippen MR) is 117 cm³/mol. The maximum atomic E-state index is 12.9. The highest BCUT2D eigenvalue weighted by Crippen LogP contribution is 2.40. The van der Waals surface area contributed by atoms with Gasteiger partial charge in [-0.2, -0.15) is 0 Å². The topological polar surface area (TPSA) is 89.6 Å². The molecule has 0 spiro atoms. The summed E-state index contributed by atoms with van der Waals surface area (Å²) in [5.41, 5.74) is 7.18. The van der Waals surface area contributed by atoms with Crippen molar-refractivity contribution in [2.45, 2.75) is 72.6 Å². The van der Waals surface area contributed by atoms with Crippen molar-refractivity contribution in [2.75, 3.05) is 13.2 Å². The van der Waals surface area contributed by atoms with Gasteiger partial charge in [-0.3, -0.25) is 9.59 Å². The van der Waals surface area contributed by atoms with Gasteiger partial charge < -0.3 is 15.6 Å². The average Bonchev–Trinajstić information content (AvgIpc) is 2.88. The molecule has 0 bridgehead atoms. The zero-order chi connectivity index (χ0) is 21.8. The highest BCUT2D eigenvalue weighted by molar-refractivity contribution is 6.03. The molecule has 0 amide bonds. The van der Waals surface area contributed by atoms with Crippen molar-refractivity contribution >= 4 is 11.6 Å². The van der Waals surface area contributed by atoms with Crippen LogP contribution in [0.5, 0.6) is 0 Å². The van der Waals surface area contributed by atoms with E-state index in [9.17, 15) is 9.59 Å². The normalized spacial score (nSPS) is 20.3. The molecule has 5 heteroatoms. The van der Waals surface area contributed by atoms with Crippen molar-refractivity contribution in [3.05, 3.63) is 35.3 Å². The molecule has 164 valence electrons. The molecular formula is C24H39NO4. The van der Waals surface area contributed by atoms with Crippen LogP contribution in [0.1, 0.15) is 72.6 Å². The first-order valence-electron chi connectivity index (χ1n) is 10.9. The summed E-state index contributed by atoms with van der Waals surface area (Å²) in [5, 5.41) is 8.92. The van der Waals surface area contributed by atoms with Crippen LogP contribution in [-0.2, 0) is 14.3 Å². The van der Waals surface area contributed by atoms with E-state index in [-0.39, 0.29) is 30.5 Å². The first-order valence-corrected chi connectivity index (χ1v) is 10.9. The van der Waals surface area contributed by atoms with E-state index >= 15 is 0 Å². The molecule has 1 aliphatic rings. The van der Waals surface area contributed by atoms with Gasteiger partial charge in [0.1, 0.15) is 5.76 Å². The fourth-order valence-corrected chi connectivity index (χ4v) is 3.53. The molecule has 2 unspecified atom stereocenters. The second kappa shape index (κ2) is 13.4. The molecule has 5 nitrogen and oxygen atoms in total. The summed E-state index contributed by atoms with van der Waals surface area (Å²) in [6, 6.07) is 0. The predicted octanol–water partition coefficient (Wildman–Crippen LogP) is 4.46. The van der Waals surface area contributed by atoms with Crippen LogP contribution < -0.4 is 5.73 Å². The Morgan fingerprint density at radius 2 is 1.97 bits per heavy atom. The van der Waals surface area contributed by atoms with Gasteiger partial charge in [-0.1, -0.05) is 39.3 Å². The molecule has 0 heterocycles. The molecule has 29 heavy (non-hydrogen) atoms. The van der Waals surface area contributed by atoms with Gasteiger partial charge in [0, 0.05) is 36.1 Å². The molecule has 1 aliphatic carbocycles. The monoisotopic (exact) mass is 405 g/mol. The number of allylic oxidation sites excluding steroid dienone is 6. The van der Waals surface area contributed by atoms with Gasteiger partial charge in [0.25, 0.3) is 0 Å². The van der Waals surface area contributed by atoms with Crippen LogP contribution in [0.3, 0.4) is 0 Å². The summed E-state index contributed by atoms with van der Waals surface area (Å²) in [5.74, 6) is 0.475. The Labute approximate surface area is 176 Å². The van der Waals surface area contributed by atoms with Crippen LogP contribution in [0.2, 0.25) is 0 Å². The van der Waals surface area contributed by atoms with Crippen LogP contribution in [0.25, 0.3) is 0 Å². The van der Waals surface area contributed by atoms with E-state index in [0.29, 0.717) is 36.6 Å². The fraction of sp³-hybridized carbons (Fsp3) is 0.667. The Morgan fingerprint density at radius 1 is 1.24 bits per heavy atom. The van der Waals surface area contributed by atoms with Crippen molar-refractivity contribution in [1.82, 2.24) is 0 Å². The molecule has 0 radical (unpaired) electrons. The van der Waals surface area contributed by atoms with Gasteiger partial charge in [-0.25, -0.2) is 0 Å². The Bertz CT molecular complexity index is 631. The fourth-order valence-electron chi connectivity index (χ4n) is 3.53. The van der Waals surface area contributed by atoms with E-state index in [0.717, 1.165) is 31.4 Å². The summed E-state index contributed by atoms with van der Waals surface area (Å²) < 4.78 is 6.02. The average molecular weight is 406 g/mol. The molecule has 0 aliphatic heterocycles. The number of Topliss-reactive ketones (excluding diaryl/α,β-unsaturated/α-hetero) is 1. The van der Waals surface area contributed by atoms with Gasteiger partial charge in [0.05, 0.1) is 6.61 Å². The summed E-state index contributed by atoms with van der Waals surface area (Å²) in [6.07, 6.45) is 10.6. The minimum Gasteiger partial charge on any atom is -0.497 e. The van der Waals surface area contributed by atoms with Crippen molar-refractivity contribution in [3.63, 3.8) is 0 Å². The van der Waals surface area contributed by atoms with Gasteiger partial charge in [0.15, 0.2) is 11.6 Å². The van der Waals surface area contributed by atoms with Crippen molar-refractivity contribution in [1.29, 1.82) is 0 Å². The number of ether oxygens (including phenoxy) is 1. The molecule has 1 rings (SSSR count). The van der Waals surface area contributed by atoms with Crippen molar-refractivity contribution in [2.24, 2.45) is 23.5 Å². The van der Waals surface area contributed by atoms with Crippen molar-refractivity contribution < 1.29 is 19.4 Å². The number of rotatable bonds is 14. The third-order valence-electron chi connectivity index (χ3n) is 5.14. The number of hydrogen-bond acceptors (Lipinski definition) is 5. The summed E-state index contributed by atoms with van der Waals surface area (Å²) in [6.45, 7) is 8.74. The maximum absolute atomic E-state index is 12.9. The standard InChI is InChI=1S/C24H39NO4/c1-5-6-11-19(25)14-20(27)15-22-21(12-9-7-8-10-13-26)24(18(4)23(22)28)29-16-17(2)3/h7,9,14,17,21-22,26H,5-6,8,10-13,15-16,25H2,1-4H3/b9-7-,19-14-. The number of nitrogens with two attached hydrogens (primary N) is 1. The number of hydrogen-bond donors (Lipinski definition) is 2. The van der Waals surface area contributed by atoms with E-state index in [4.69, 9.17) is 15.6 Å². The smallest absolute Gasteiger partial charge is 0.166 e. The number of carbonyl (C=O) groups excluding carboxylic acids is 2. The first-order chi connectivity index (χ1) is 13.8.